The van der Waals surface area contributed by atoms with Gasteiger partial charge in [-0.1, -0.05) is 32.6 Å². The molecule has 7 heteroatoms. The maximum Gasteiger partial charge on any atom is 0.228 e. The molecule has 2 fully saturated rings. The zero-order valence-electron chi connectivity index (χ0n) is 17.9. The Morgan fingerprint density at radius 1 is 1.18 bits per heavy atom. The van der Waals surface area contributed by atoms with Gasteiger partial charge in [-0.3, -0.25) is 4.90 Å². The number of rotatable bonds is 9. The van der Waals surface area contributed by atoms with Gasteiger partial charge in [-0.25, -0.2) is 13.4 Å². The Morgan fingerprint density at radius 3 is 2.57 bits per heavy atom. The Labute approximate surface area is 171 Å². The molecule has 1 unspecified atom stereocenters. The van der Waals surface area contributed by atoms with Gasteiger partial charge in [0.2, 0.25) is 15.0 Å². The van der Waals surface area contributed by atoms with E-state index in [1.165, 1.54) is 19.4 Å². The van der Waals surface area contributed by atoms with Gasteiger partial charge in [-0.2, -0.15) is 0 Å². The van der Waals surface area contributed by atoms with Crippen LogP contribution in [0.1, 0.15) is 70.4 Å². The van der Waals surface area contributed by atoms with Crippen LogP contribution in [0.25, 0.3) is 0 Å². The third kappa shape index (κ3) is 4.97. The molecule has 1 atom stereocenters. The molecule has 0 spiro atoms. The van der Waals surface area contributed by atoms with Crippen LogP contribution in [-0.2, 0) is 22.9 Å². The van der Waals surface area contributed by atoms with Crippen LogP contribution in [0.5, 0.6) is 0 Å². The Morgan fingerprint density at radius 2 is 1.93 bits per heavy atom. The molecule has 0 aromatic carbocycles. The lowest BCUT2D eigenvalue weighted by Crippen LogP contribution is -2.36. The van der Waals surface area contributed by atoms with Crippen LogP contribution in [0.4, 0.5) is 0 Å². The van der Waals surface area contributed by atoms with E-state index in [0.29, 0.717) is 11.2 Å². The second kappa shape index (κ2) is 9.72. The van der Waals surface area contributed by atoms with E-state index in [1.807, 2.05) is 4.57 Å². The van der Waals surface area contributed by atoms with Gasteiger partial charge in [0, 0.05) is 25.7 Å². The van der Waals surface area contributed by atoms with Gasteiger partial charge in [-0.05, 0) is 52.7 Å². The maximum absolute atomic E-state index is 13.3. The number of aromatic nitrogens is 2. The molecule has 6 nitrogen and oxygen atoms in total. The Kier molecular flexibility index (Phi) is 7.56. The van der Waals surface area contributed by atoms with Crippen LogP contribution in [-0.4, -0.2) is 66.2 Å². The molecule has 160 valence electrons. The summed E-state index contributed by atoms with van der Waals surface area (Å²) in [5.74, 6) is 0. The normalized spacial score (nSPS) is 22.4. The highest BCUT2D eigenvalue weighted by Gasteiger charge is 2.33. The lowest BCUT2D eigenvalue weighted by Gasteiger charge is -2.26. The van der Waals surface area contributed by atoms with Crippen LogP contribution < -0.4 is 0 Å². The van der Waals surface area contributed by atoms with Crippen molar-refractivity contribution >= 4 is 9.84 Å². The van der Waals surface area contributed by atoms with Crippen molar-refractivity contribution in [3.8, 4) is 0 Å². The van der Waals surface area contributed by atoms with Gasteiger partial charge in [-0.15, -0.1) is 0 Å². The third-order valence-corrected chi connectivity index (χ3v) is 8.69. The third-order valence-electron chi connectivity index (χ3n) is 6.51. The summed E-state index contributed by atoms with van der Waals surface area (Å²) in [4.78, 5) is 9.21. The topological polar surface area (TPSA) is 58.4 Å². The van der Waals surface area contributed by atoms with E-state index >= 15 is 0 Å². The smallest absolute Gasteiger partial charge is 0.228 e. The zero-order chi connectivity index (χ0) is 20.1. The Hall–Kier alpha value is -0.920. The molecule has 1 aromatic rings. The molecule has 1 aliphatic heterocycles. The summed E-state index contributed by atoms with van der Waals surface area (Å²) in [5, 5.41) is 0.0657. The second-order valence-electron chi connectivity index (χ2n) is 8.82. The predicted octanol–water partition coefficient (Wildman–Crippen LogP) is 3.32. The van der Waals surface area contributed by atoms with Crippen molar-refractivity contribution < 1.29 is 8.42 Å². The number of likely N-dealkylation sites (N-methyl/N-ethyl adjacent to an activating group) is 2. The van der Waals surface area contributed by atoms with Gasteiger partial charge in [0.15, 0.2) is 0 Å². The number of likely N-dealkylation sites (tertiary alicyclic amines) is 1. The molecule has 0 N–H and O–H groups in total. The summed E-state index contributed by atoms with van der Waals surface area (Å²) < 4.78 is 28.6. The van der Waals surface area contributed by atoms with E-state index in [9.17, 15) is 8.42 Å². The van der Waals surface area contributed by atoms with Crippen molar-refractivity contribution in [2.45, 2.75) is 94.2 Å². The van der Waals surface area contributed by atoms with Crippen molar-refractivity contribution in [1.29, 1.82) is 0 Å². The molecular formula is C21H38N4O2S. The summed E-state index contributed by atoms with van der Waals surface area (Å²) >= 11 is 0. The van der Waals surface area contributed by atoms with Crippen molar-refractivity contribution in [1.82, 2.24) is 19.4 Å². The lowest BCUT2D eigenvalue weighted by molar-refractivity contribution is 0.212. The van der Waals surface area contributed by atoms with Gasteiger partial charge >= 0.3 is 0 Å². The number of imidazole rings is 1. The highest BCUT2D eigenvalue weighted by atomic mass is 32.2. The molecule has 2 aliphatic rings. The summed E-state index contributed by atoms with van der Waals surface area (Å²) in [5.41, 5.74) is 1.03. The van der Waals surface area contributed by atoms with E-state index in [4.69, 9.17) is 0 Å². The first kappa shape index (κ1) is 21.8. The van der Waals surface area contributed by atoms with Crippen molar-refractivity contribution in [3.05, 3.63) is 11.9 Å². The van der Waals surface area contributed by atoms with Crippen LogP contribution in [0, 0.1) is 0 Å². The SMILES string of the molecule is CCCCn1c(CN(C)CC2CCCN2C)cnc1S(=O)(=O)C1CCCCC1. The molecule has 1 aromatic heterocycles. The molecular weight excluding hydrogens is 372 g/mol. The zero-order valence-corrected chi connectivity index (χ0v) is 18.8. The fraction of sp³-hybridized carbons (Fsp3) is 0.857. The van der Waals surface area contributed by atoms with Crippen LogP contribution in [0.3, 0.4) is 0 Å². The van der Waals surface area contributed by atoms with E-state index in [1.54, 1.807) is 6.20 Å². The summed E-state index contributed by atoms with van der Waals surface area (Å²) in [6.45, 7) is 5.83. The number of sulfone groups is 1. The molecule has 1 aliphatic carbocycles. The summed E-state index contributed by atoms with van der Waals surface area (Å²) in [7, 11) is 0.994. The quantitative estimate of drug-likeness (QED) is 0.625. The molecule has 2 heterocycles. The maximum atomic E-state index is 13.3. The van der Waals surface area contributed by atoms with Gasteiger partial charge in [0.25, 0.3) is 0 Å². The largest absolute Gasteiger partial charge is 0.318 e. The molecule has 3 rings (SSSR count). The van der Waals surface area contributed by atoms with E-state index < -0.39 is 9.84 Å². The highest BCUT2D eigenvalue weighted by Crippen LogP contribution is 2.29. The van der Waals surface area contributed by atoms with E-state index in [-0.39, 0.29) is 5.25 Å². The van der Waals surface area contributed by atoms with E-state index in [0.717, 1.165) is 70.3 Å². The van der Waals surface area contributed by atoms with Crippen LogP contribution >= 0.6 is 0 Å². The van der Waals surface area contributed by atoms with Crippen molar-refractivity contribution in [2.24, 2.45) is 0 Å². The first-order valence-electron chi connectivity index (χ1n) is 11.1. The van der Waals surface area contributed by atoms with E-state index in [2.05, 4.69) is 35.8 Å². The summed E-state index contributed by atoms with van der Waals surface area (Å²) in [6, 6.07) is 0.599. The number of hydrogen-bond donors (Lipinski definition) is 0. The Bertz CT molecular complexity index is 725. The first-order valence-corrected chi connectivity index (χ1v) is 12.6. The minimum Gasteiger partial charge on any atom is -0.318 e. The first-order chi connectivity index (χ1) is 13.4. The number of unbranched alkanes of at least 4 members (excludes halogenated alkanes) is 1. The van der Waals surface area contributed by atoms with Gasteiger partial charge < -0.3 is 9.47 Å². The monoisotopic (exact) mass is 410 g/mol. The molecule has 0 bridgehead atoms. The number of hydrogen-bond acceptors (Lipinski definition) is 5. The van der Waals surface area contributed by atoms with Gasteiger partial charge in [0.05, 0.1) is 17.1 Å². The molecule has 0 radical (unpaired) electrons. The van der Waals surface area contributed by atoms with Crippen LogP contribution in [0.2, 0.25) is 0 Å². The van der Waals surface area contributed by atoms with Crippen LogP contribution in [0.15, 0.2) is 11.4 Å². The van der Waals surface area contributed by atoms with Crippen molar-refractivity contribution in [2.75, 3.05) is 27.2 Å². The fourth-order valence-electron chi connectivity index (χ4n) is 4.74. The standard InChI is InChI=1S/C21H38N4O2S/c1-4-5-14-25-19(17-23(2)16-18-10-9-13-24(18)3)15-22-21(25)28(26,27)20-11-7-6-8-12-20/h15,18,20H,4-14,16-17H2,1-3H3. The Balaban J connectivity index is 1.77. The average Bonchev–Trinajstić information content (AvgIpc) is 3.27. The molecule has 28 heavy (non-hydrogen) atoms. The minimum atomic E-state index is -3.34. The van der Waals surface area contributed by atoms with Gasteiger partial charge in [0.1, 0.15) is 0 Å². The average molecular weight is 411 g/mol. The predicted molar refractivity (Wildman–Crippen MR) is 113 cm³/mol. The minimum absolute atomic E-state index is 0.248. The molecule has 0 amide bonds. The molecule has 1 saturated heterocycles. The highest BCUT2D eigenvalue weighted by molar-refractivity contribution is 7.91. The fourth-order valence-corrected chi connectivity index (χ4v) is 6.70. The lowest BCUT2D eigenvalue weighted by atomic mass is 10.0. The number of nitrogens with zero attached hydrogens (tertiary/aromatic N) is 4. The second-order valence-corrected chi connectivity index (χ2v) is 10.9. The molecule has 1 saturated carbocycles. The summed E-state index contributed by atoms with van der Waals surface area (Å²) in [6.07, 6.45) is 11.1. The van der Waals surface area contributed by atoms with Crippen molar-refractivity contribution in [3.63, 3.8) is 0 Å².